The lowest BCUT2D eigenvalue weighted by molar-refractivity contribution is 0.365. The quantitative estimate of drug-likeness (QED) is 0.797. The van der Waals surface area contributed by atoms with Crippen molar-refractivity contribution in [3.8, 4) is 0 Å². The Bertz CT molecular complexity index is 444. The van der Waals surface area contributed by atoms with Gasteiger partial charge in [0.25, 0.3) is 0 Å². The van der Waals surface area contributed by atoms with Crippen LogP contribution in [0, 0.1) is 0 Å². The van der Waals surface area contributed by atoms with Crippen molar-refractivity contribution in [3.63, 3.8) is 0 Å². The Hall–Kier alpha value is -1.33. The molecule has 4 nitrogen and oxygen atoms in total. The highest BCUT2D eigenvalue weighted by Crippen LogP contribution is 2.20. The van der Waals surface area contributed by atoms with Crippen LogP contribution in [0.25, 0.3) is 0 Å². The Balaban J connectivity index is 1.85. The van der Waals surface area contributed by atoms with Gasteiger partial charge in [0, 0.05) is 4.90 Å². The number of hydrogen-bond donors (Lipinski definition) is 1. The smallest absolute Gasteiger partial charge is 0.240 e. The fourth-order valence-corrected chi connectivity index (χ4v) is 2.08. The van der Waals surface area contributed by atoms with Crippen LogP contribution in [0.2, 0.25) is 0 Å². The molecule has 2 rings (SSSR count). The summed E-state index contributed by atoms with van der Waals surface area (Å²) in [6.07, 6.45) is 0. The van der Waals surface area contributed by atoms with Crippen molar-refractivity contribution in [1.82, 2.24) is 15.5 Å². The molecule has 90 valence electrons. The molecule has 0 radical (unpaired) electrons. The van der Waals surface area contributed by atoms with E-state index >= 15 is 0 Å². The molecule has 0 unspecified atom stereocenters. The molecule has 0 atom stereocenters. The molecule has 1 aromatic heterocycles. The van der Waals surface area contributed by atoms with Gasteiger partial charge in [-0.2, -0.15) is 4.98 Å². The van der Waals surface area contributed by atoms with Gasteiger partial charge in [-0.15, -0.1) is 11.8 Å². The Labute approximate surface area is 105 Å². The van der Waals surface area contributed by atoms with Crippen LogP contribution in [-0.4, -0.2) is 16.7 Å². The number of benzene rings is 1. The van der Waals surface area contributed by atoms with Gasteiger partial charge < -0.3 is 9.84 Å². The molecule has 2 aromatic rings. The Morgan fingerprint density at radius 2 is 2.12 bits per heavy atom. The minimum atomic E-state index is 0.638. The summed E-state index contributed by atoms with van der Waals surface area (Å²) in [4.78, 5) is 5.52. The Morgan fingerprint density at radius 1 is 1.29 bits per heavy atom. The first-order valence-corrected chi connectivity index (χ1v) is 6.57. The van der Waals surface area contributed by atoms with Crippen LogP contribution in [-0.2, 0) is 12.3 Å². The average Bonchev–Trinajstić information content (AvgIpc) is 2.83. The van der Waals surface area contributed by atoms with Gasteiger partial charge in [0.15, 0.2) is 5.82 Å². The van der Waals surface area contributed by atoms with Crippen LogP contribution >= 0.6 is 11.8 Å². The second-order valence-electron chi connectivity index (χ2n) is 3.49. The van der Waals surface area contributed by atoms with E-state index in [0.29, 0.717) is 12.4 Å². The van der Waals surface area contributed by atoms with E-state index in [4.69, 9.17) is 4.52 Å². The molecule has 0 spiro atoms. The second kappa shape index (κ2) is 6.42. The zero-order valence-electron chi connectivity index (χ0n) is 9.72. The predicted octanol–water partition coefficient (Wildman–Crippen LogP) is 2.47. The molecule has 0 aliphatic carbocycles. The van der Waals surface area contributed by atoms with Crippen molar-refractivity contribution in [2.75, 3.05) is 6.54 Å². The molecule has 1 N–H and O–H groups in total. The number of aromatic nitrogens is 2. The van der Waals surface area contributed by atoms with Crippen molar-refractivity contribution < 1.29 is 4.52 Å². The van der Waals surface area contributed by atoms with Crippen LogP contribution in [0.3, 0.4) is 0 Å². The molecular weight excluding hydrogens is 234 g/mol. The summed E-state index contributed by atoms with van der Waals surface area (Å²) in [5.74, 6) is 2.13. The maximum Gasteiger partial charge on any atom is 0.240 e. The van der Waals surface area contributed by atoms with E-state index in [1.807, 2.05) is 25.1 Å². The van der Waals surface area contributed by atoms with Crippen LogP contribution in [0.15, 0.2) is 39.8 Å². The van der Waals surface area contributed by atoms with Crippen molar-refractivity contribution in [3.05, 3.63) is 42.0 Å². The lowest BCUT2D eigenvalue weighted by Gasteiger charge is -1.96. The Kier molecular flexibility index (Phi) is 4.58. The summed E-state index contributed by atoms with van der Waals surface area (Å²) in [6.45, 7) is 3.58. The summed E-state index contributed by atoms with van der Waals surface area (Å²) in [7, 11) is 0. The lowest BCUT2D eigenvalue weighted by atomic mass is 10.4. The number of hydrogen-bond acceptors (Lipinski definition) is 5. The summed E-state index contributed by atoms with van der Waals surface area (Å²) in [5.41, 5.74) is 0. The van der Waals surface area contributed by atoms with Gasteiger partial charge in [-0.1, -0.05) is 30.3 Å². The summed E-state index contributed by atoms with van der Waals surface area (Å²) in [6, 6.07) is 10.2. The van der Waals surface area contributed by atoms with Crippen molar-refractivity contribution in [2.24, 2.45) is 0 Å². The molecule has 5 heteroatoms. The molecule has 0 saturated heterocycles. The summed E-state index contributed by atoms with van der Waals surface area (Å²) in [5, 5.41) is 7.09. The van der Waals surface area contributed by atoms with Gasteiger partial charge in [-0.25, -0.2) is 0 Å². The molecule has 0 amide bonds. The predicted molar refractivity (Wildman–Crippen MR) is 67.7 cm³/mol. The number of nitrogens with zero attached hydrogens (tertiary/aromatic N) is 2. The number of rotatable bonds is 6. The highest BCUT2D eigenvalue weighted by Gasteiger charge is 2.05. The van der Waals surface area contributed by atoms with Gasteiger partial charge in [-0.3, -0.25) is 0 Å². The fourth-order valence-electron chi connectivity index (χ4n) is 1.32. The van der Waals surface area contributed by atoms with Gasteiger partial charge in [0.1, 0.15) is 0 Å². The van der Waals surface area contributed by atoms with Crippen LogP contribution < -0.4 is 5.32 Å². The Morgan fingerprint density at radius 3 is 2.88 bits per heavy atom. The van der Waals surface area contributed by atoms with Crippen LogP contribution in [0.5, 0.6) is 0 Å². The molecule has 0 aliphatic heterocycles. The van der Waals surface area contributed by atoms with Crippen molar-refractivity contribution in [2.45, 2.75) is 24.1 Å². The lowest BCUT2D eigenvalue weighted by Crippen LogP contribution is -2.11. The first kappa shape index (κ1) is 12.1. The molecule has 0 bridgehead atoms. The molecule has 1 aromatic carbocycles. The monoisotopic (exact) mass is 249 g/mol. The zero-order chi connectivity index (χ0) is 11.9. The fraction of sp³-hybridized carbons (Fsp3) is 0.333. The normalized spacial score (nSPS) is 10.6. The summed E-state index contributed by atoms with van der Waals surface area (Å²) < 4.78 is 5.12. The number of nitrogens with one attached hydrogen (secondary N) is 1. The average molecular weight is 249 g/mol. The SMILES string of the molecule is CCNCc1nc(CSc2ccccc2)no1. The van der Waals surface area contributed by atoms with E-state index in [0.717, 1.165) is 18.1 Å². The highest BCUT2D eigenvalue weighted by atomic mass is 32.2. The van der Waals surface area contributed by atoms with Gasteiger partial charge in [-0.05, 0) is 18.7 Å². The first-order chi connectivity index (χ1) is 8.38. The van der Waals surface area contributed by atoms with E-state index in [1.165, 1.54) is 4.90 Å². The first-order valence-electron chi connectivity index (χ1n) is 5.58. The zero-order valence-corrected chi connectivity index (χ0v) is 10.5. The molecule has 0 fully saturated rings. The largest absolute Gasteiger partial charge is 0.338 e. The van der Waals surface area contributed by atoms with E-state index < -0.39 is 0 Å². The van der Waals surface area contributed by atoms with Crippen molar-refractivity contribution in [1.29, 1.82) is 0 Å². The number of thioether (sulfide) groups is 1. The van der Waals surface area contributed by atoms with E-state index in [1.54, 1.807) is 11.8 Å². The third-order valence-electron chi connectivity index (χ3n) is 2.15. The molecule has 17 heavy (non-hydrogen) atoms. The van der Waals surface area contributed by atoms with E-state index in [-0.39, 0.29) is 0 Å². The maximum atomic E-state index is 5.12. The highest BCUT2D eigenvalue weighted by molar-refractivity contribution is 7.98. The molecule has 0 saturated carbocycles. The minimum Gasteiger partial charge on any atom is -0.338 e. The standard InChI is InChI=1S/C12H15N3OS/c1-2-13-8-12-14-11(15-16-12)9-17-10-6-4-3-5-7-10/h3-7,13H,2,8-9H2,1H3. The molecule has 1 heterocycles. The molecular formula is C12H15N3OS. The summed E-state index contributed by atoms with van der Waals surface area (Å²) >= 11 is 1.71. The second-order valence-corrected chi connectivity index (χ2v) is 4.54. The molecule has 0 aliphatic rings. The maximum absolute atomic E-state index is 5.12. The van der Waals surface area contributed by atoms with Gasteiger partial charge in [0.2, 0.25) is 5.89 Å². The van der Waals surface area contributed by atoms with Crippen molar-refractivity contribution >= 4 is 11.8 Å². The van der Waals surface area contributed by atoms with E-state index in [9.17, 15) is 0 Å². The third-order valence-corrected chi connectivity index (χ3v) is 3.16. The van der Waals surface area contributed by atoms with Gasteiger partial charge in [0.05, 0.1) is 12.3 Å². The van der Waals surface area contributed by atoms with Gasteiger partial charge >= 0.3 is 0 Å². The topological polar surface area (TPSA) is 51.0 Å². The minimum absolute atomic E-state index is 0.638. The third kappa shape index (κ3) is 3.87. The van der Waals surface area contributed by atoms with E-state index in [2.05, 4.69) is 27.6 Å². The van der Waals surface area contributed by atoms with Crippen LogP contribution in [0.4, 0.5) is 0 Å². The van der Waals surface area contributed by atoms with Crippen LogP contribution in [0.1, 0.15) is 18.6 Å².